The lowest BCUT2D eigenvalue weighted by molar-refractivity contribution is -0.142. The second-order valence-electron chi connectivity index (χ2n) is 4.26. The number of aliphatic carboxylic acids is 1. The van der Waals surface area contributed by atoms with Crippen LogP contribution in [0.4, 0.5) is 0 Å². The summed E-state index contributed by atoms with van der Waals surface area (Å²) in [5, 5.41) is 9.45. The minimum atomic E-state index is -0.898. The highest BCUT2D eigenvalue weighted by atomic mass is 35.5. The molecule has 1 rings (SSSR count). The van der Waals surface area contributed by atoms with Gasteiger partial charge in [-0.25, -0.2) is 0 Å². The van der Waals surface area contributed by atoms with Gasteiger partial charge >= 0.3 is 5.97 Å². The summed E-state index contributed by atoms with van der Waals surface area (Å²) in [6, 6.07) is 7.23. The molecule has 0 aliphatic heterocycles. The van der Waals surface area contributed by atoms with Gasteiger partial charge in [0.05, 0.1) is 11.7 Å². The summed E-state index contributed by atoms with van der Waals surface area (Å²) in [6.45, 7) is 1.80. The van der Waals surface area contributed by atoms with Crippen LogP contribution in [0, 0.1) is 5.92 Å². The van der Waals surface area contributed by atoms with E-state index in [0.717, 1.165) is 4.90 Å². The highest BCUT2D eigenvalue weighted by Gasteiger charge is 2.17. The van der Waals surface area contributed by atoms with Crippen molar-refractivity contribution >= 4 is 35.2 Å². The molecule has 1 amide bonds. The number of rotatable bonds is 6. The van der Waals surface area contributed by atoms with Gasteiger partial charge in [0.2, 0.25) is 5.91 Å². The summed E-state index contributed by atoms with van der Waals surface area (Å²) in [5.41, 5.74) is 0. The topological polar surface area (TPSA) is 57.6 Å². The van der Waals surface area contributed by atoms with Crippen molar-refractivity contribution in [2.45, 2.75) is 11.8 Å². The van der Waals surface area contributed by atoms with Crippen LogP contribution in [-0.4, -0.2) is 41.2 Å². The molecule has 0 aliphatic carbocycles. The number of carboxylic acid groups (broad SMARTS) is 1. The van der Waals surface area contributed by atoms with Crippen LogP contribution >= 0.6 is 23.4 Å². The normalized spacial score (nSPS) is 11.9. The molecule has 1 unspecified atom stereocenters. The van der Waals surface area contributed by atoms with Crippen LogP contribution in [0.2, 0.25) is 5.02 Å². The molecule has 1 atom stereocenters. The minimum Gasteiger partial charge on any atom is -0.481 e. The lowest BCUT2D eigenvalue weighted by atomic mass is 10.2. The average Bonchev–Trinajstić information content (AvgIpc) is 2.37. The summed E-state index contributed by atoms with van der Waals surface area (Å²) in [7, 11) is 1.62. The van der Waals surface area contributed by atoms with E-state index in [0.29, 0.717) is 5.02 Å². The Hall–Kier alpha value is -1.20. The zero-order valence-corrected chi connectivity index (χ0v) is 12.4. The summed E-state index contributed by atoms with van der Waals surface area (Å²) in [4.78, 5) is 24.9. The fraction of sp³-hybridized carbons (Fsp3) is 0.385. The fourth-order valence-corrected chi connectivity index (χ4v) is 2.34. The van der Waals surface area contributed by atoms with Crippen molar-refractivity contribution in [3.05, 3.63) is 29.3 Å². The van der Waals surface area contributed by atoms with Crippen molar-refractivity contribution in [2.24, 2.45) is 5.92 Å². The Morgan fingerprint density at radius 2 is 1.95 bits per heavy atom. The van der Waals surface area contributed by atoms with E-state index in [2.05, 4.69) is 0 Å². The highest BCUT2D eigenvalue weighted by Crippen LogP contribution is 2.20. The van der Waals surface area contributed by atoms with Gasteiger partial charge in [0.15, 0.2) is 0 Å². The second kappa shape index (κ2) is 7.40. The summed E-state index contributed by atoms with van der Waals surface area (Å²) >= 11 is 7.18. The lowest BCUT2D eigenvalue weighted by Gasteiger charge is -2.19. The Morgan fingerprint density at radius 1 is 1.37 bits per heavy atom. The average molecular weight is 302 g/mol. The molecule has 104 valence electrons. The third-order valence-electron chi connectivity index (χ3n) is 2.57. The first-order valence-corrected chi connectivity index (χ1v) is 7.11. The number of carbonyl (C=O) groups is 2. The maximum Gasteiger partial charge on any atom is 0.308 e. The molecule has 0 bridgehead atoms. The number of benzene rings is 1. The number of hydrogen-bond acceptors (Lipinski definition) is 3. The minimum absolute atomic E-state index is 0.0898. The van der Waals surface area contributed by atoms with Crippen LogP contribution < -0.4 is 0 Å². The standard InChI is InChI=1S/C13H16ClNO3S/c1-9(13(17)18)7-15(2)12(16)8-19-11-5-3-10(14)4-6-11/h3-6,9H,7-8H2,1-2H3,(H,17,18). The Kier molecular flexibility index (Phi) is 6.18. The molecule has 0 aliphatic rings. The first kappa shape index (κ1) is 15.9. The predicted molar refractivity (Wildman–Crippen MR) is 76.6 cm³/mol. The van der Waals surface area contributed by atoms with Gasteiger partial charge in [0, 0.05) is 23.5 Å². The Balaban J connectivity index is 2.42. The number of thioether (sulfide) groups is 1. The molecule has 19 heavy (non-hydrogen) atoms. The van der Waals surface area contributed by atoms with Crippen molar-refractivity contribution < 1.29 is 14.7 Å². The van der Waals surface area contributed by atoms with Crippen molar-refractivity contribution in [2.75, 3.05) is 19.3 Å². The maximum atomic E-state index is 11.8. The Morgan fingerprint density at radius 3 is 2.47 bits per heavy atom. The summed E-state index contributed by atoms with van der Waals surface area (Å²) < 4.78 is 0. The van der Waals surface area contributed by atoms with Crippen LogP contribution in [0.15, 0.2) is 29.2 Å². The predicted octanol–water partition coefficient (Wildman–Crippen LogP) is 2.61. The second-order valence-corrected chi connectivity index (χ2v) is 5.74. The largest absolute Gasteiger partial charge is 0.481 e. The Labute approximate surface area is 121 Å². The van der Waals surface area contributed by atoms with E-state index in [1.54, 1.807) is 26.1 Å². The molecule has 0 radical (unpaired) electrons. The van der Waals surface area contributed by atoms with Crippen LogP contribution in [0.25, 0.3) is 0 Å². The summed E-state index contributed by atoms with van der Waals surface area (Å²) in [6.07, 6.45) is 0. The smallest absolute Gasteiger partial charge is 0.308 e. The lowest BCUT2D eigenvalue weighted by Crippen LogP contribution is -2.34. The SMILES string of the molecule is CC(CN(C)C(=O)CSc1ccc(Cl)cc1)C(=O)O. The number of amides is 1. The van der Waals surface area contributed by atoms with Gasteiger partial charge in [-0.1, -0.05) is 18.5 Å². The number of carboxylic acids is 1. The molecule has 0 spiro atoms. The number of nitrogens with zero attached hydrogens (tertiary/aromatic N) is 1. The van der Waals surface area contributed by atoms with E-state index in [9.17, 15) is 9.59 Å². The van der Waals surface area contributed by atoms with E-state index in [1.807, 2.05) is 12.1 Å². The highest BCUT2D eigenvalue weighted by molar-refractivity contribution is 8.00. The number of halogens is 1. The molecular weight excluding hydrogens is 286 g/mol. The van der Waals surface area contributed by atoms with Gasteiger partial charge in [-0.05, 0) is 24.3 Å². The molecular formula is C13H16ClNO3S. The van der Waals surface area contributed by atoms with Crippen molar-refractivity contribution in [3.63, 3.8) is 0 Å². The number of carbonyl (C=O) groups excluding carboxylic acids is 1. The third kappa shape index (κ3) is 5.53. The molecule has 0 heterocycles. The van der Waals surface area contributed by atoms with Gasteiger partial charge in [-0.3, -0.25) is 9.59 Å². The monoisotopic (exact) mass is 301 g/mol. The third-order valence-corrected chi connectivity index (χ3v) is 3.82. The molecule has 1 aromatic carbocycles. The van der Waals surface area contributed by atoms with Crippen LogP contribution in [0.3, 0.4) is 0 Å². The van der Waals surface area contributed by atoms with Crippen LogP contribution in [-0.2, 0) is 9.59 Å². The molecule has 4 nitrogen and oxygen atoms in total. The van der Waals surface area contributed by atoms with Gasteiger partial charge in [0.25, 0.3) is 0 Å². The molecule has 1 N–H and O–H groups in total. The molecule has 0 fully saturated rings. The van der Waals surface area contributed by atoms with E-state index in [1.165, 1.54) is 16.7 Å². The first-order chi connectivity index (χ1) is 8.90. The van der Waals surface area contributed by atoms with Crippen molar-refractivity contribution in [1.29, 1.82) is 0 Å². The van der Waals surface area contributed by atoms with Crippen LogP contribution in [0.5, 0.6) is 0 Å². The fourth-order valence-electron chi connectivity index (χ4n) is 1.38. The number of hydrogen-bond donors (Lipinski definition) is 1. The summed E-state index contributed by atoms with van der Waals surface area (Å²) in [5.74, 6) is -1.27. The van der Waals surface area contributed by atoms with Crippen LogP contribution in [0.1, 0.15) is 6.92 Å². The molecule has 0 aromatic heterocycles. The zero-order chi connectivity index (χ0) is 14.4. The zero-order valence-electron chi connectivity index (χ0n) is 10.8. The van der Waals surface area contributed by atoms with E-state index < -0.39 is 11.9 Å². The first-order valence-electron chi connectivity index (χ1n) is 5.75. The van der Waals surface area contributed by atoms with Gasteiger partial charge in [-0.15, -0.1) is 11.8 Å². The van der Waals surface area contributed by atoms with E-state index in [-0.39, 0.29) is 18.2 Å². The molecule has 0 saturated heterocycles. The maximum absolute atomic E-state index is 11.8. The van der Waals surface area contributed by atoms with Gasteiger partial charge in [-0.2, -0.15) is 0 Å². The quantitative estimate of drug-likeness (QED) is 0.821. The molecule has 6 heteroatoms. The molecule has 1 aromatic rings. The van der Waals surface area contributed by atoms with Crippen molar-refractivity contribution in [3.8, 4) is 0 Å². The van der Waals surface area contributed by atoms with Gasteiger partial charge in [0.1, 0.15) is 0 Å². The van der Waals surface area contributed by atoms with E-state index >= 15 is 0 Å². The van der Waals surface area contributed by atoms with Gasteiger partial charge < -0.3 is 10.0 Å². The van der Waals surface area contributed by atoms with Crippen molar-refractivity contribution in [1.82, 2.24) is 4.90 Å². The molecule has 0 saturated carbocycles. The Bertz CT molecular complexity index is 450. The van der Waals surface area contributed by atoms with E-state index in [4.69, 9.17) is 16.7 Å².